The van der Waals surface area contributed by atoms with Crippen LogP contribution in [0.25, 0.3) is 0 Å². The number of fused-ring (bicyclic) bond motifs is 2. The van der Waals surface area contributed by atoms with Crippen LogP contribution in [0.5, 0.6) is 0 Å². The second-order valence-corrected chi connectivity index (χ2v) is 5.24. The molecule has 3 saturated carbocycles. The maximum atomic E-state index is 10.2. The van der Waals surface area contributed by atoms with Crippen molar-refractivity contribution >= 4 is 6.08 Å². The quantitative estimate of drug-likeness (QED) is 0.449. The van der Waals surface area contributed by atoms with Gasteiger partial charge in [-0.05, 0) is 36.0 Å². The first kappa shape index (κ1) is 8.96. The van der Waals surface area contributed by atoms with E-state index in [1.807, 2.05) is 0 Å². The summed E-state index contributed by atoms with van der Waals surface area (Å²) in [5, 5.41) is 0. The van der Waals surface area contributed by atoms with Gasteiger partial charge in [0.25, 0.3) is 0 Å². The van der Waals surface area contributed by atoms with Crippen LogP contribution in [0.1, 0.15) is 33.6 Å². The van der Waals surface area contributed by atoms with Crippen molar-refractivity contribution in [3.8, 4) is 0 Å². The van der Waals surface area contributed by atoms with Gasteiger partial charge >= 0.3 is 0 Å². The molecular formula is C11H17NO. The van der Waals surface area contributed by atoms with Gasteiger partial charge in [-0.2, -0.15) is 0 Å². The Morgan fingerprint density at radius 3 is 2.54 bits per heavy atom. The number of isocyanates is 1. The van der Waals surface area contributed by atoms with Gasteiger partial charge in [-0.25, -0.2) is 9.79 Å². The first-order valence-electron chi connectivity index (χ1n) is 5.14. The molecular weight excluding hydrogens is 162 g/mol. The molecule has 0 aromatic heterocycles. The molecule has 3 rings (SSSR count). The Labute approximate surface area is 79.4 Å². The highest BCUT2D eigenvalue weighted by Crippen LogP contribution is 2.61. The third-order valence-corrected chi connectivity index (χ3v) is 4.53. The van der Waals surface area contributed by atoms with E-state index in [-0.39, 0.29) is 6.04 Å². The van der Waals surface area contributed by atoms with E-state index in [4.69, 9.17) is 0 Å². The molecule has 0 heterocycles. The normalized spacial score (nSPS) is 46.1. The lowest BCUT2D eigenvalue weighted by atomic mass is 9.45. The monoisotopic (exact) mass is 179 g/mol. The summed E-state index contributed by atoms with van der Waals surface area (Å²) in [6.45, 7) is 6.93. The van der Waals surface area contributed by atoms with Crippen LogP contribution in [0.4, 0.5) is 0 Å². The summed E-state index contributed by atoms with van der Waals surface area (Å²) in [6, 6.07) is 0.259. The molecule has 0 unspecified atom stereocenters. The van der Waals surface area contributed by atoms with Gasteiger partial charge in [0.2, 0.25) is 6.08 Å². The maximum Gasteiger partial charge on any atom is 0.235 e. The Bertz CT molecular complexity index is 265. The number of aliphatic imine (C=N–C) groups is 1. The molecule has 3 fully saturated rings. The van der Waals surface area contributed by atoms with E-state index in [9.17, 15) is 4.79 Å². The van der Waals surface area contributed by atoms with E-state index in [1.165, 1.54) is 6.42 Å². The standard InChI is InChI=1S/C11H17NO/c1-7-9-4-8(11(9,2)3)5-10(7)12-6-13/h7-10H,4-5H2,1-3H3/t7-,8-,9+,10-/m1/s1. The van der Waals surface area contributed by atoms with E-state index < -0.39 is 0 Å². The summed E-state index contributed by atoms with van der Waals surface area (Å²) >= 11 is 0. The van der Waals surface area contributed by atoms with E-state index in [0.717, 1.165) is 18.3 Å². The third kappa shape index (κ3) is 1.08. The van der Waals surface area contributed by atoms with Crippen LogP contribution in [-0.2, 0) is 4.79 Å². The fourth-order valence-corrected chi connectivity index (χ4v) is 3.36. The van der Waals surface area contributed by atoms with Gasteiger partial charge in [0.05, 0.1) is 6.04 Å². The first-order valence-corrected chi connectivity index (χ1v) is 5.14. The van der Waals surface area contributed by atoms with Crippen molar-refractivity contribution in [1.82, 2.24) is 0 Å². The summed E-state index contributed by atoms with van der Waals surface area (Å²) in [5.41, 5.74) is 0.494. The third-order valence-electron chi connectivity index (χ3n) is 4.53. The molecule has 0 spiro atoms. The van der Waals surface area contributed by atoms with Gasteiger partial charge in [0.1, 0.15) is 0 Å². The Kier molecular flexibility index (Phi) is 1.85. The zero-order valence-electron chi connectivity index (χ0n) is 8.58. The van der Waals surface area contributed by atoms with Gasteiger partial charge in [0, 0.05) is 0 Å². The molecule has 2 nitrogen and oxygen atoms in total. The molecule has 2 heteroatoms. The molecule has 0 aliphatic heterocycles. The Morgan fingerprint density at radius 1 is 1.38 bits per heavy atom. The van der Waals surface area contributed by atoms with Crippen LogP contribution in [0, 0.1) is 23.2 Å². The van der Waals surface area contributed by atoms with Crippen molar-refractivity contribution in [1.29, 1.82) is 0 Å². The van der Waals surface area contributed by atoms with Crippen molar-refractivity contribution in [2.75, 3.05) is 0 Å². The SMILES string of the molecule is C[C@H]1[C@H](N=C=O)C[C@H]2C[C@@H]1C2(C)C. The zero-order valence-corrected chi connectivity index (χ0v) is 8.58. The molecule has 0 aromatic carbocycles. The summed E-state index contributed by atoms with van der Waals surface area (Å²) < 4.78 is 0. The predicted molar refractivity (Wildman–Crippen MR) is 51.1 cm³/mol. The molecule has 0 N–H and O–H groups in total. The molecule has 3 aliphatic rings. The molecule has 3 aliphatic carbocycles. The minimum Gasteiger partial charge on any atom is -0.211 e. The van der Waals surface area contributed by atoms with E-state index in [1.54, 1.807) is 6.08 Å². The summed E-state index contributed by atoms with van der Waals surface area (Å²) in [7, 11) is 0. The predicted octanol–water partition coefficient (Wildman–Crippen LogP) is 2.39. The number of hydrogen-bond acceptors (Lipinski definition) is 2. The van der Waals surface area contributed by atoms with Gasteiger partial charge in [0.15, 0.2) is 0 Å². The van der Waals surface area contributed by atoms with Crippen LogP contribution >= 0.6 is 0 Å². The molecule has 72 valence electrons. The van der Waals surface area contributed by atoms with Crippen molar-refractivity contribution < 1.29 is 4.79 Å². The molecule has 0 amide bonds. The average Bonchev–Trinajstić information content (AvgIpc) is 2.08. The minimum absolute atomic E-state index is 0.259. The molecule has 4 atom stereocenters. The molecule has 13 heavy (non-hydrogen) atoms. The van der Waals surface area contributed by atoms with E-state index >= 15 is 0 Å². The van der Waals surface area contributed by atoms with Gasteiger partial charge in [-0.15, -0.1) is 0 Å². The largest absolute Gasteiger partial charge is 0.235 e. The van der Waals surface area contributed by atoms with Crippen LogP contribution < -0.4 is 0 Å². The average molecular weight is 179 g/mol. The number of hydrogen-bond donors (Lipinski definition) is 0. The lowest BCUT2D eigenvalue weighted by Gasteiger charge is -2.61. The molecule has 2 bridgehead atoms. The Hall–Kier alpha value is -0.620. The first-order chi connectivity index (χ1) is 6.07. The van der Waals surface area contributed by atoms with Crippen molar-refractivity contribution in [2.24, 2.45) is 28.2 Å². The van der Waals surface area contributed by atoms with E-state index in [0.29, 0.717) is 11.3 Å². The molecule has 0 saturated heterocycles. The minimum atomic E-state index is 0.259. The smallest absolute Gasteiger partial charge is 0.211 e. The summed E-state index contributed by atoms with van der Waals surface area (Å²) in [6.07, 6.45) is 4.15. The molecule has 0 radical (unpaired) electrons. The number of carbonyl (C=O) groups excluding carboxylic acids is 1. The van der Waals surface area contributed by atoms with Crippen LogP contribution in [0.3, 0.4) is 0 Å². The lowest BCUT2D eigenvalue weighted by molar-refractivity contribution is -0.108. The fraction of sp³-hybridized carbons (Fsp3) is 0.909. The van der Waals surface area contributed by atoms with Crippen LogP contribution in [-0.4, -0.2) is 12.1 Å². The highest BCUT2D eigenvalue weighted by molar-refractivity contribution is 5.34. The fourth-order valence-electron chi connectivity index (χ4n) is 3.36. The zero-order chi connectivity index (χ0) is 9.64. The number of nitrogens with zero attached hydrogens (tertiary/aromatic N) is 1. The van der Waals surface area contributed by atoms with E-state index in [2.05, 4.69) is 25.8 Å². The van der Waals surface area contributed by atoms with Crippen molar-refractivity contribution in [3.63, 3.8) is 0 Å². The van der Waals surface area contributed by atoms with Crippen LogP contribution in [0.2, 0.25) is 0 Å². The lowest BCUT2D eigenvalue weighted by Crippen LogP contribution is -2.56. The molecule has 0 aromatic rings. The Morgan fingerprint density at radius 2 is 2.08 bits per heavy atom. The van der Waals surface area contributed by atoms with Gasteiger partial charge < -0.3 is 0 Å². The van der Waals surface area contributed by atoms with Crippen molar-refractivity contribution in [3.05, 3.63) is 0 Å². The summed E-state index contributed by atoms with van der Waals surface area (Å²) in [4.78, 5) is 14.1. The Balaban J connectivity index is 2.16. The van der Waals surface area contributed by atoms with Gasteiger partial charge in [-0.3, -0.25) is 0 Å². The maximum absolute atomic E-state index is 10.2. The van der Waals surface area contributed by atoms with Crippen LogP contribution in [0.15, 0.2) is 4.99 Å². The summed E-state index contributed by atoms with van der Waals surface area (Å²) in [5.74, 6) is 2.13. The van der Waals surface area contributed by atoms with Crippen molar-refractivity contribution in [2.45, 2.75) is 39.7 Å². The van der Waals surface area contributed by atoms with Gasteiger partial charge in [-0.1, -0.05) is 20.8 Å². The highest BCUT2D eigenvalue weighted by Gasteiger charge is 2.56. The number of rotatable bonds is 1. The highest BCUT2D eigenvalue weighted by atomic mass is 16.1. The topological polar surface area (TPSA) is 29.4 Å². The second-order valence-electron chi connectivity index (χ2n) is 5.24. The second kappa shape index (κ2) is 2.68.